The molecule has 25 heavy (non-hydrogen) atoms. The molecule has 0 fully saturated rings. The average Bonchev–Trinajstić information content (AvgIpc) is 3.09. The highest BCUT2D eigenvalue weighted by molar-refractivity contribution is 7.18. The van der Waals surface area contributed by atoms with Gasteiger partial charge in [0.05, 0.1) is 40.4 Å². The minimum atomic E-state index is -0.0366. The van der Waals surface area contributed by atoms with Crippen LogP contribution in [0.25, 0.3) is 10.2 Å². The molecule has 0 saturated carbocycles. The van der Waals surface area contributed by atoms with Crippen LogP contribution in [0.1, 0.15) is 23.3 Å². The molecule has 0 spiro atoms. The molecular weight excluding hydrogens is 334 g/mol. The second kappa shape index (κ2) is 7.33. The third-order valence-corrected chi connectivity index (χ3v) is 5.12. The number of aromatic nitrogens is 3. The van der Waals surface area contributed by atoms with Crippen LogP contribution in [-0.4, -0.2) is 39.2 Å². The van der Waals surface area contributed by atoms with Crippen molar-refractivity contribution in [1.82, 2.24) is 19.7 Å². The molecule has 0 radical (unpaired) electrons. The van der Waals surface area contributed by atoms with Gasteiger partial charge in [-0.05, 0) is 40.0 Å². The van der Waals surface area contributed by atoms with E-state index < -0.39 is 0 Å². The molecule has 0 aliphatic carbocycles. The Kier molecular flexibility index (Phi) is 5.15. The van der Waals surface area contributed by atoms with E-state index in [1.54, 1.807) is 11.3 Å². The summed E-state index contributed by atoms with van der Waals surface area (Å²) in [5.74, 6) is -0.0366. The van der Waals surface area contributed by atoms with Crippen LogP contribution in [-0.2, 0) is 17.9 Å². The van der Waals surface area contributed by atoms with Gasteiger partial charge in [-0.1, -0.05) is 12.1 Å². The van der Waals surface area contributed by atoms with Gasteiger partial charge in [0.15, 0.2) is 0 Å². The summed E-state index contributed by atoms with van der Waals surface area (Å²) in [6.07, 6.45) is 0. The van der Waals surface area contributed by atoms with Crippen LogP contribution in [0.5, 0.6) is 0 Å². The van der Waals surface area contributed by atoms with Crippen molar-refractivity contribution in [3.05, 3.63) is 40.7 Å². The summed E-state index contributed by atoms with van der Waals surface area (Å²) in [6.45, 7) is 7.69. The summed E-state index contributed by atoms with van der Waals surface area (Å²) >= 11 is 1.67. The summed E-state index contributed by atoms with van der Waals surface area (Å²) in [6, 6.07) is 8.09. The van der Waals surface area contributed by atoms with E-state index in [2.05, 4.69) is 21.5 Å². The van der Waals surface area contributed by atoms with Crippen LogP contribution in [0.2, 0.25) is 0 Å². The van der Waals surface area contributed by atoms with E-state index in [0.717, 1.165) is 34.1 Å². The van der Waals surface area contributed by atoms with Crippen LogP contribution in [0.4, 0.5) is 5.69 Å². The molecule has 132 valence electrons. The number of carbonyl (C=O) groups is 1. The van der Waals surface area contributed by atoms with Crippen molar-refractivity contribution in [3.8, 4) is 0 Å². The van der Waals surface area contributed by atoms with Gasteiger partial charge in [-0.15, -0.1) is 11.3 Å². The van der Waals surface area contributed by atoms with E-state index in [4.69, 9.17) is 0 Å². The number of aryl methyl sites for hydroxylation is 2. The van der Waals surface area contributed by atoms with Gasteiger partial charge in [-0.25, -0.2) is 4.98 Å². The molecule has 7 heteroatoms. The lowest BCUT2D eigenvalue weighted by Gasteiger charge is -2.15. The first kappa shape index (κ1) is 17.6. The maximum absolute atomic E-state index is 12.4. The Hall–Kier alpha value is -2.25. The number of hydrogen-bond donors (Lipinski definition) is 1. The van der Waals surface area contributed by atoms with Crippen molar-refractivity contribution in [2.45, 2.75) is 33.9 Å². The number of rotatable bonds is 6. The molecule has 1 aromatic carbocycles. The largest absolute Gasteiger partial charge is 0.322 e. The summed E-state index contributed by atoms with van der Waals surface area (Å²) in [5, 5.41) is 8.44. The van der Waals surface area contributed by atoms with Crippen LogP contribution in [0, 0.1) is 13.8 Å². The van der Waals surface area contributed by atoms with E-state index in [9.17, 15) is 4.79 Å². The maximum Gasteiger partial charge on any atom is 0.238 e. The van der Waals surface area contributed by atoms with Crippen molar-refractivity contribution in [1.29, 1.82) is 0 Å². The van der Waals surface area contributed by atoms with E-state index >= 15 is 0 Å². The number of thiazole rings is 1. The number of para-hydroxylation sites is 1. The second-order valence-electron chi connectivity index (χ2n) is 6.16. The lowest BCUT2D eigenvalue weighted by molar-refractivity contribution is -0.117. The minimum Gasteiger partial charge on any atom is -0.322 e. The van der Waals surface area contributed by atoms with E-state index in [1.807, 2.05) is 55.6 Å². The Morgan fingerprint density at radius 3 is 2.76 bits per heavy atom. The SMILES string of the molecule is CCn1nc(C)c(NC(=O)CN(C)Cc2nc3ccccc3s2)c1C. The number of fused-ring (bicyclic) bond motifs is 1. The topological polar surface area (TPSA) is 63.1 Å². The standard InChI is InChI=1S/C18H23N5OS/c1-5-23-13(3)18(12(2)21-23)20-16(24)10-22(4)11-17-19-14-8-6-7-9-15(14)25-17/h6-9H,5,10-11H2,1-4H3,(H,20,24). The van der Waals surface area contributed by atoms with Crippen LogP contribution >= 0.6 is 11.3 Å². The van der Waals surface area contributed by atoms with Crippen LogP contribution < -0.4 is 5.32 Å². The fraction of sp³-hybridized carbons (Fsp3) is 0.389. The number of likely N-dealkylation sites (N-methyl/N-ethyl adjacent to an activating group) is 1. The predicted octanol–water partition coefficient (Wildman–Crippen LogP) is 3.20. The maximum atomic E-state index is 12.4. The highest BCUT2D eigenvalue weighted by Crippen LogP contribution is 2.22. The lowest BCUT2D eigenvalue weighted by Crippen LogP contribution is -2.30. The summed E-state index contributed by atoms with van der Waals surface area (Å²) < 4.78 is 3.07. The van der Waals surface area contributed by atoms with Crippen molar-refractivity contribution in [2.24, 2.45) is 0 Å². The number of benzene rings is 1. The van der Waals surface area contributed by atoms with Crippen molar-refractivity contribution < 1.29 is 4.79 Å². The molecule has 2 aromatic heterocycles. The van der Waals surface area contributed by atoms with Gasteiger partial charge >= 0.3 is 0 Å². The number of amides is 1. The molecule has 1 N–H and O–H groups in total. The van der Waals surface area contributed by atoms with Crippen molar-refractivity contribution in [2.75, 3.05) is 18.9 Å². The zero-order valence-electron chi connectivity index (χ0n) is 15.0. The first-order valence-electron chi connectivity index (χ1n) is 8.34. The van der Waals surface area contributed by atoms with Gasteiger partial charge in [0.1, 0.15) is 5.01 Å². The predicted molar refractivity (Wildman–Crippen MR) is 102 cm³/mol. The quantitative estimate of drug-likeness (QED) is 0.736. The lowest BCUT2D eigenvalue weighted by atomic mass is 10.3. The summed E-state index contributed by atoms with van der Waals surface area (Å²) in [4.78, 5) is 19.0. The zero-order valence-corrected chi connectivity index (χ0v) is 15.9. The van der Waals surface area contributed by atoms with Crippen molar-refractivity contribution >= 4 is 33.1 Å². The average molecular weight is 357 g/mol. The molecule has 0 aliphatic heterocycles. The zero-order chi connectivity index (χ0) is 18.0. The van der Waals surface area contributed by atoms with E-state index in [1.165, 1.54) is 4.70 Å². The van der Waals surface area contributed by atoms with Gasteiger partial charge in [0, 0.05) is 6.54 Å². The van der Waals surface area contributed by atoms with Gasteiger partial charge in [0.25, 0.3) is 0 Å². The molecule has 0 aliphatic rings. The number of carbonyl (C=O) groups excluding carboxylic acids is 1. The van der Waals surface area contributed by atoms with Gasteiger partial charge in [-0.3, -0.25) is 14.4 Å². The Morgan fingerprint density at radius 1 is 1.32 bits per heavy atom. The summed E-state index contributed by atoms with van der Waals surface area (Å²) in [7, 11) is 1.93. The normalized spacial score (nSPS) is 11.4. The molecule has 0 saturated heterocycles. The molecule has 3 rings (SSSR count). The highest BCUT2D eigenvalue weighted by atomic mass is 32.1. The molecule has 0 unspecified atom stereocenters. The Labute approximate surface area is 151 Å². The van der Waals surface area contributed by atoms with E-state index in [0.29, 0.717) is 13.1 Å². The Bertz CT molecular complexity index is 865. The minimum absolute atomic E-state index is 0.0366. The smallest absolute Gasteiger partial charge is 0.238 e. The molecule has 0 atom stereocenters. The van der Waals surface area contributed by atoms with Gasteiger partial charge in [0.2, 0.25) is 5.91 Å². The van der Waals surface area contributed by atoms with Crippen LogP contribution in [0.3, 0.4) is 0 Å². The first-order valence-corrected chi connectivity index (χ1v) is 9.16. The fourth-order valence-corrected chi connectivity index (χ4v) is 3.93. The monoisotopic (exact) mass is 357 g/mol. The Morgan fingerprint density at radius 2 is 2.08 bits per heavy atom. The highest BCUT2D eigenvalue weighted by Gasteiger charge is 2.15. The van der Waals surface area contributed by atoms with Gasteiger partial charge < -0.3 is 5.32 Å². The number of hydrogen-bond acceptors (Lipinski definition) is 5. The van der Waals surface area contributed by atoms with Crippen molar-refractivity contribution in [3.63, 3.8) is 0 Å². The molecule has 2 heterocycles. The number of anilines is 1. The van der Waals surface area contributed by atoms with Gasteiger partial charge in [-0.2, -0.15) is 5.10 Å². The third kappa shape index (κ3) is 3.88. The molecule has 6 nitrogen and oxygen atoms in total. The number of nitrogens with zero attached hydrogens (tertiary/aromatic N) is 4. The molecule has 0 bridgehead atoms. The fourth-order valence-electron chi connectivity index (χ4n) is 2.88. The molecule has 1 amide bonds. The second-order valence-corrected chi connectivity index (χ2v) is 7.27. The van der Waals surface area contributed by atoms with Crippen LogP contribution in [0.15, 0.2) is 24.3 Å². The Balaban J connectivity index is 1.61. The summed E-state index contributed by atoms with van der Waals surface area (Å²) in [5.41, 5.74) is 3.67. The molecular formula is C18H23N5OS. The third-order valence-electron chi connectivity index (χ3n) is 4.10. The number of nitrogens with one attached hydrogen (secondary N) is 1. The first-order chi connectivity index (χ1) is 12.0. The van der Waals surface area contributed by atoms with E-state index in [-0.39, 0.29) is 5.91 Å². The molecule has 3 aromatic rings.